The van der Waals surface area contributed by atoms with E-state index < -0.39 is 0 Å². The van der Waals surface area contributed by atoms with Crippen molar-refractivity contribution in [3.63, 3.8) is 0 Å². The summed E-state index contributed by atoms with van der Waals surface area (Å²) in [6.45, 7) is 3.08. The van der Waals surface area contributed by atoms with Gasteiger partial charge in [0.05, 0.1) is 5.56 Å². The summed E-state index contributed by atoms with van der Waals surface area (Å²) in [5.41, 5.74) is 1.87. The van der Waals surface area contributed by atoms with Crippen LogP contribution in [-0.4, -0.2) is 56.6 Å². The fourth-order valence-corrected chi connectivity index (χ4v) is 4.50. The lowest BCUT2D eigenvalue weighted by Crippen LogP contribution is -2.46. The van der Waals surface area contributed by atoms with Crippen LogP contribution in [0.1, 0.15) is 33.6 Å². The fourth-order valence-electron chi connectivity index (χ4n) is 3.20. The SMILES string of the molecule is COCC(=O)Nc1sc2c(c1C(=O)N1CCNCC1)CCCC2. The minimum absolute atomic E-state index is 0.00380. The first-order valence-corrected chi connectivity index (χ1v) is 8.95. The molecule has 7 heteroatoms. The lowest BCUT2D eigenvalue weighted by atomic mass is 9.95. The van der Waals surface area contributed by atoms with Gasteiger partial charge in [-0.1, -0.05) is 0 Å². The molecule has 0 atom stereocenters. The van der Waals surface area contributed by atoms with Crippen molar-refractivity contribution < 1.29 is 14.3 Å². The quantitative estimate of drug-likeness (QED) is 0.868. The number of nitrogens with zero attached hydrogens (tertiary/aromatic N) is 1. The van der Waals surface area contributed by atoms with Crippen molar-refractivity contribution in [3.8, 4) is 0 Å². The van der Waals surface area contributed by atoms with E-state index >= 15 is 0 Å². The number of rotatable bonds is 4. The number of carbonyl (C=O) groups is 2. The van der Waals surface area contributed by atoms with Crippen LogP contribution in [0.4, 0.5) is 5.00 Å². The zero-order chi connectivity index (χ0) is 16.2. The molecule has 2 amide bonds. The predicted molar refractivity (Wildman–Crippen MR) is 90.2 cm³/mol. The highest BCUT2D eigenvalue weighted by atomic mass is 32.1. The van der Waals surface area contributed by atoms with Crippen molar-refractivity contribution in [2.75, 3.05) is 45.2 Å². The van der Waals surface area contributed by atoms with Crippen molar-refractivity contribution >= 4 is 28.2 Å². The van der Waals surface area contributed by atoms with Crippen LogP contribution in [0.15, 0.2) is 0 Å². The van der Waals surface area contributed by atoms with E-state index in [0.717, 1.165) is 63.0 Å². The lowest BCUT2D eigenvalue weighted by molar-refractivity contribution is -0.119. The van der Waals surface area contributed by atoms with Crippen LogP contribution in [0.3, 0.4) is 0 Å². The summed E-state index contributed by atoms with van der Waals surface area (Å²) >= 11 is 1.56. The Balaban J connectivity index is 1.90. The van der Waals surface area contributed by atoms with Gasteiger partial charge in [0.1, 0.15) is 11.6 Å². The minimum atomic E-state index is -0.208. The normalized spacial score (nSPS) is 17.7. The van der Waals surface area contributed by atoms with Gasteiger partial charge in [0.25, 0.3) is 11.8 Å². The zero-order valence-corrected chi connectivity index (χ0v) is 14.3. The molecular formula is C16H23N3O3S. The molecule has 0 radical (unpaired) electrons. The Morgan fingerprint density at radius 1 is 1.26 bits per heavy atom. The van der Waals surface area contributed by atoms with E-state index in [1.54, 1.807) is 11.3 Å². The summed E-state index contributed by atoms with van der Waals surface area (Å²) in [4.78, 5) is 28.1. The van der Waals surface area contributed by atoms with Gasteiger partial charge in [-0.2, -0.15) is 0 Å². The maximum atomic E-state index is 13.0. The number of methoxy groups -OCH3 is 1. The van der Waals surface area contributed by atoms with Gasteiger partial charge in [-0.3, -0.25) is 9.59 Å². The molecule has 1 fully saturated rings. The van der Waals surface area contributed by atoms with Gasteiger partial charge in [0, 0.05) is 38.2 Å². The van der Waals surface area contributed by atoms with Crippen LogP contribution in [0.25, 0.3) is 0 Å². The van der Waals surface area contributed by atoms with Gasteiger partial charge >= 0.3 is 0 Å². The number of thiophene rings is 1. The highest BCUT2D eigenvalue weighted by Crippen LogP contribution is 2.38. The molecule has 2 N–H and O–H groups in total. The Bertz CT molecular complexity index is 594. The molecule has 3 rings (SSSR count). The molecule has 1 aromatic rings. The van der Waals surface area contributed by atoms with E-state index in [4.69, 9.17) is 4.74 Å². The molecule has 0 unspecified atom stereocenters. The van der Waals surface area contributed by atoms with Crippen molar-refractivity contribution in [3.05, 3.63) is 16.0 Å². The maximum absolute atomic E-state index is 13.0. The van der Waals surface area contributed by atoms with Gasteiger partial charge in [-0.25, -0.2) is 0 Å². The van der Waals surface area contributed by atoms with Crippen LogP contribution in [0, 0.1) is 0 Å². The highest BCUT2D eigenvalue weighted by Gasteiger charge is 2.29. The second-order valence-corrected chi connectivity index (χ2v) is 7.04. The van der Waals surface area contributed by atoms with Gasteiger partial charge in [0.2, 0.25) is 0 Å². The summed E-state index contributed by atoms with van der Waals surface area (Å²) in [5.74, 6) is -0.154. The van der Waals surface area contributed by atoms with Crippen LogP contribution < -0.4 is 10.6 Å². The number of ether oxygens (including phenoxy) is 1. The third-order valence-electron chi connectivity index (χ3n) is 4.32. The largest absolute Gasteiger partial charge is 0.375 e. The van der Waals surface area contributed by atoms with Gasteiger partial charge in [-0.15, -0.1) is 11.3 Å². The number of hydrogen-bond acceptors (Lipinski definition) is 5. The average Bonchev–Trinajstić information content (AvgIpc) is 2.93. The Morgan fingerprint density at radius 2 is 2.00 bits per heavy atom. The third kappa shape index (κ3) is 3.57. The molecule has 126 valence electrons. The summed E-state index contributed by atoms with van der Waals surface area (Å²) in [5, 5.41) is 6.84. The fraction of sp³-hybridized carbons (Fsp3) is 0.625. The lowest BCUT2D eigenvalue weighted by Gasteiger charge is -2.28. The number of nitrogens with one attached hydrogen (secondary N) is 2. The van der Waals surface area contributed by atoms with Crippen molar-refractivity contribution in [2.45, 2.75) is 25.7 Å². The van der Waals surface area contributed by atoms with Crippen LogP contribution in [-0.2, 0) is 22.4 Å². The molecule has 6 nitrogen and oxygen atoms in total. The number of carbonyl (C=O) groups excluding carboxylic acids is 2. The molecule has 1 saturated heterocycles. The Hall–Kier alpha value is -1.44. The molecule has 0 spiro atoms. The number of aryl methyl sites for hydroxylation is 1. The number of anilines is 1. The van der Waals surface area contributed by atoms with E-state index in [9.17, 15) is 9.59 Å². The maximum Gasteiger partial charge on any atom is 0.257 e. The number of amides is 2. The highest BCUT2D eigenvalue weighted by molar-refractivity contribution is 7.17. The zero-order valence-electron chi connectivity index (χ0n) is 13.4. The topological polar surface area (TPSA) is 70.7 Å². The standard InChI is InChI=1S/C16H23N3O3S/c1-22-10-13(20)18-15-14(11-4-2-3-5-12(11)23-15)16(21)19-8-6-17-7-9-19/h17H,2-10H2,1H3,(H,18,20). The summed E-state index contributed by atoms with van der Waals surface area (Å²) in [6.07, 6.45) is 4.19. The molecule has 0 bridgehead atoms. The molecule has 0 aromatic carbocycles. The number of hydrogen-bond donors (Lipinski definition) is 2. The molecule has 1 aliphatic heterocycles. The monoisotopic (exact) mass is 337 g/mol. The molecule has 0 saturated carbocycles. The Morgan fingerprint density at radius 3 is 2.74 bits per heavy atom. The molecular weight excluding hydrogens is 314 g/mol. The summed E-state index contributed by atoms with van der Waals surface area (Å²) < 4.78 is 4.88. The van der Waals surface area contributed by atoms with Gasteiger partial charge in [0.15, 0.2) is 0 Å². The number of piperazine rings is 1. The molecule has 1 aromatic heterocycles. The van der Waals surface area contributed by atoms with E-state index in [1.165, 1.54) is 12.0 Å². The van der Waals surface area contributed by atoms with E-state index in [0.29, 0.717) is 5.00 Å². The molecule has 2 aliphatic rings. The third-order valence-corrected chi connectivity index (χ3v) is 5.52. The van der Waals surface area contributed by atoms with E-state index in [2.05, 4.69) is 10.6 Å². The smallest absolute Gasteiger partial charge is 0.257 e. The number of fused-ring (bicyclic) bond motifs is 1. The van der Waals surface area contributed by atoms with Crippen LogP contribution in [0.5, 0.6) is 0 Å². The summed E-state index contributed by atoms with van der Waals surface area (Å²) in [7, 11) is 1.49. The second kappa shape index (κ2) is 7.42. The molecule has 23 heavy (non-hydrogen) atoms. The van der Waals surface area contributed by atoms with Gasteiger partial charge in [-0.05, 0) is 31.2 Å². The van der Waals surface area contributed by atoms with Crippen molar-refractivity contribution in [1.29, 1.82) is 0 Å². The average molecular weight is 337 g/mol. The first-order valence-electron chi connectivity index (χ1n) is 8.14. The van der Waals surface area contributed by atoms with Crippen molar-refractivity contribution in [1.82, 2.24) is 10.2 Å². The summed E-state index contributed by atoms with van der Waals surface area (Å²) in [6, 6.07) is 0. The van der Waals surface area contributed by atoms with E-state index in [1.807, 2.05) is 4.90 Å². The first kappa shape index (κ1) is 16.4. The Kier molecular flexibility index (Phi) is 5.30. The minimum Gasteiger partial charge on any atom is -0.375 e. The van der Waals surface area contributed by atoms with Crippen LogP contribution >= 0.6 is 11.3 Å². The predicted octanol–water partition coefficient (Wildman–Crippen LogP) is 1.26. The first-order chi connectivity index (χ1) is 11.2. The van der Waals surface area contributed by atoms with Gasteiger partial charge < -0.3 is 20.3 Å². The Labute approximate surface area is 140 Å². The molecule has 2 heterocycles. The second-order valence-electron chi connectivity index (χ2n) is 5.94. The van der Waals surface area contributed by atoms with Crippen molar-refractivity contribution in [2.24, 2.45) is 0 Å². The van der Waals surface area contributed by atoms with E-state index in [-0.39, 0.29) is 18.4 Å². The van der Waals surface area contributed by atoms with Crippen LogP contribution in [0.2, 0.25) is 0 Å². The molecule has 1 aliphatic carbocycles.